The van der Waals surface area contributed by atoms with Crippen molar-refractivity contribution in [2.24, 2.45) is 40.4 Å². The zero-order chi connectivity index (χ0) is 16.8. The lowest BCUT2D eigenvalue weighted by Crippen LogP contribution is -2.68. The summed E-state index contributed by atoms with van der Waals surface area (Å²) in [5, 5.41) is 0. The summed E-state index contributed by atoms with van der Waals surface area (Å²) in [6, 6.07) is 0. The van der Waals surface area contributed by atoms with Gasteiger partial charge in [-0.25, -0.2) is 0 Å². The largest absolute Gasteiger partial charge is 0.378 e. The van der Waals surface area contributed by atoms with Crippen LogP contribution in [0, 0.1) is 40.4 Å². The average Bonchev–Trinajstić information content (AvgIpc) is 2.49. The minimum atomic E-state index is 0.189. The van der Waals surface area contributed by atoms with E-state index in [1.54, 1.807) is 0 Å². The number of methoxy groups -OCH3 is 1. The molecule has 0 aromatic heterocycles. The molecule has 0 amide bonds. The molecule has 23 heavy (non-hydrogen) atoms. The normalized spacial score (nSPS) is 55.5. The summed E-state index contributed by atoms with van der Waals surface area (Å²) < 4.78 is 6.12. The van der Waals surface area contributed by atoms with E-state index in [9.17, 15) is 0 Å². The van der Waals surface area contributed by atoms with E-state index in [4.69, 9.17) is 4.74 Å². The molecule has 6 fully saturated rings. The molecule has 0 radical (unpaired) electrons. The van der Waals surface area contributed by atoms with Gasteiger partial charge in [0.05, 0.1) is 5.60 Å². The van der Waals surface area contributed by atoms with Crippen LogP contribution in [0.2, 0.25) is 11.6 Å². The molecule has 2 heteroatoms. The average molecular weight is 316 g/mol. The summed E-state index contributed by atoms with van der Waals surface area (Å²) in [5.41, 5.74) is 1.21. The Bertz CT molecular complexity index is 498. The van der Waals surface area contributed by atoms with Crippen LogP contribution in [0.5, 0.6) is 0 Å². The van der Waals surface area contributed by atoms with Crippen LogP contribution in [0.4, 0.5) is 0 Å². The summed E-state index contributed by atoms with van der Waals surface area (Å²) in [4.78, 5) is 0. The third-order valence-corrected chi connectivity index (χ3v) is 10.1. The molecule has 0 aliphatic heterocycles. The highest BCUT2D eigenvalue weighted by atomic mass is 16.5. The SMILES string of the molecule is COC12CC(BC3CC4CC(C3C)C4(C)C)C(C)C(C1)C2(C)C. The fraction of sp³-hybridized carbons (Fsp3) is 1.00. The molecule has 4 bridgehead atoms. The Balaban J connectivity index is 1.47. The third kappa shape index (κ3) is 1.91. The summed E-state index contributed by atoms with van der Waals surface area (Å²) >= 11 is 0. The van der Waals surface area contributed by atoms with Gasteiger partial charge in [-0.1, -0.05) is 59.6 Å². The maximum atomic E-state index is 6.12. The first kappa shape index (κ1) is 16.5. The molecule has 0 N–H and O–H groups in total. The van der Waals surface area contributed by atoms with Crippen LogP contribution < -0.4 is 0 Å². The van der Waals surface area contributed by atoms with Crippen molar-refractivity contribution in [1.82, 2.24) is 0 Å². The highest BCUT2D eigenvalue weighted by molar-refractivity contribution is 6.40. The predicted octanol–water partition coefficient (Wildman–Crippen LogP) is 5.17. The molecule has 130 valence electrons. The Morgan fingerprint density at radius 2 is 1.52 bits per heavy atom. The van der Waals surface area contributed by atoms with E-state index in [1.165, 1.54) is 33.0 Å². The summed E-state index contributed by atoms with van der Waals surface area (Å²) in [5.74, 6) is 6.59. The monoisotopic (exact) mass is 316 g/mol. The van der Waals surface area contributed by atoms with Crippen molar-refractivity contribution >= 4 is 7.28 Å². The number of hydrogen-bond acceptors (Lipinski definition) is 1. The molecule has 6 aliphatic carbocycles. The maximum Gasteiger partial charge on any atom is 0.128 e. The Kier molecular flexibility index (Phi) is 3.44. The van der Waals surface area contributed by atoms with Gasteiger partial charge in [-0.05, 0) is 59.7 Å². The van der Waals surface area contributed by atoms with Crippen LogP contribution >= 0.6 is 0 Å². The quantitative estimate of drug-likeness (QED) is 0.652. The van der Waals surface area contributed by atoms with Crippen molar-refractivity contribution < 1.29 is 4.74 Å². The second-order valence-electron chi connectivity index (χ2n) is 11.0. The predicted molar refractivity (Wildman–Crippen MR) is 99.2 cm³/mol. The van der Waals surface area contributed by atoms with Gasteiger partial charge in [-0.2, -0.15) is 0 Å². The van der Waals surface area contributed by atoms with Gasteiger partial charge in [-0.3, -0.25) is 0 Å². The molecular weight excluding hydrogens is 279 g/mol. The van der Waals surface area contributed by atoms with Crippen molar-refractivity contribution in [3.8, 4) is 0 Å². The second kappa shape index (κ2) is 4.80. The molecule has 0 heterocycles. The van der Waals surface area contributed by atoms with E-state index in [0.717, 1.165) is 41.2 Å². The van der Waals surface area contributed by atoms with E-state index in [-0.39, 0.29) is 5.60 Å². The summed E-state index contributed by atoms with van der Waals surface area (Å²) in [6.07, 6.45) is 5.65. The molecule has 0 aromatic carbocycles. The van der Waals surface area contributed by atoms with Gasteiger partial charge < -0.3 is 4.74 Å². The molecule has 1 nitrogen and oxygen atoms in total. The molecule has 8 atom stereocenters. The maximum absolute atomic E-state index is 6.12. The highest BCUT2D eigenvalue weighted by Crippen LogP contribution is 2.70. The molecule has 6 rings (SSSR count). The van der Waals surface area contributed by atoms with Gasteiger partial charge in [0.25, 0.3) is 0 Å². The van der Waals surface area contributed by atoms with Crippen LogP contribution in [0.3, 0.4) is 0 Å². The zero-order valence-electron chi connectivity index (χ0n) is 16.5. The molecule has 0 saturated heterocycles. The topological polar surface area (TPSA) is 9.23 Å². The van der Waals surface area contributed by atoms with Crippen LogP contribution in [-0.4, -0.2) is 20.0 Å². The Morgan fingerprint density at radius 1 is 0.870 bits per heavy atom. The lowest BCUT2D eigenvalue weighted by Gasteiger charge is -2.69. The Labute approximate surface area is 144 Å². The minimum absolute atomic E-state index is 0.189. The first-order valence-corrected chi connectivity index (χ1v) is 10.2. The van der Waals surface area contributed by atoms with Crippen molar-refractivity contribution in [2.75, 3.05) is 7.11 Å². The fourth-order valence-corrected chi connectivity index (χ4v) is 7.89. The van der Waals surface area contributed by atoms with E-state index in [1.807, 2.05) is 7.11 Å². The van der Waals surface area contributed by atoms with Crippen molar-refractivity contribution in [2.45, 2.75) is 84.5 Å². The van der Waals surface area contributed by atoms with Gasteiger partial charge >= 0.3 is 0 Å². The summed E-state index contributed by atoms with van der Waals surface area (Å²) in [7, 11) is 3.44. The first-order valence-electron chi connectivity index (χ1n) is 10.2. The second-order valence-corrected chi connectivity index (χ2v) is 11.0. The molecular formula is C21H37BO. The van der Waals surface area contributed by atoms with Gasteiger partial charge in [0.15, 0.2) is 0 Å². The standard InChI is InChI=1S/C21H37BO/c1-12-15-8-14(19(15,3)4)9-17(12)22-18-11-21(23-7)10-16(13(18)2)20(21,5)6/h12-18,22H,8-11H2,1-7H3. The Hall–Kier alpha value is 0.0249. The molecule has 6 aliphatic rings. The summed E-state index contributed by atoms with van der Waals surface area (Å²) in [6.45, 7) is 15.1. The van der Waals surface area contributed by atoms with Crippen molar-refractivity contribution in [3.63, 3.8) is 0 Å². The van der Waals surface area contributed by atoms with Crippen LogP contribution in [-0.2, 0) is 4.74 Å². The van der Waals surface area contributed by atoms with E-state index >= 15 is 0 Å². The van der Waals surface area contributed by atoms with Crippen molar-refractivity contribution in [3.05, 3.63) is 0 Å². The molecule has 0 spiro atoms. The van der Waals surface area contributed by atoms with Gasteiger partial charge in [0, 0.05) is 7.11 Å². The number of ether oxygens (including phenoxy) is 1. The van der Waals surface area contributed by atoms with Crippen LogP contribution in [0.15, 0.2) is 0 Å². The molecule has 8 unspecified atom stereocenters. The van der Waals surface area contributed by atoms with E-state index in [0.29, 0.717) is 10.8 Å². The van der Waals surface area contributed by atoms with Gasteiger partial charge in [-0.15, -0.1) is 0 Å². The van der Waals surface area contributed by atoms with Gasteiger partial charge in [0.1, 0.15) is 7.28 Å². The van der Waals surface area contributed by atoms with Crippen LogP contribution in [0.1, 0.15) is 67.2 Å². The fourth-order valence-electron chi connectivity index (χ4n) is 7.89. The molecule has 6 saturated carbocycles. The highest BCUT2D eigenvalue weighted by Gasteiger charge is 2.67. The number of hydrogen-bond donors (Lipinski definition) is 0. The van der Waals surface area contributed by atoms with E-state index < -0.39 is 0 Å². The lowest BCUT2D eigenvalue weighted by molar-refractivity contribution is -0.255. The smallest absolute Gasteiger partial charge is 0.128 e. The third-order valence-electron chi connectivity index (χ3n) is 10.1. The van der Waals surface area contributed by atoms with Crippen molar-refractivity contribution in [1.29, 1.82) is 0 Å². The van der Waals surface area contributed by atoms with Gasteiger partial charge in [0.2, 0.25) is 0 Å². The first-order chi connectivity index (χ1) is 10.6. The zero-order valence-corrected chi connectivity index (χ0v) is 16.5. The minimum Gasteiger partial charge on any atom is -0.378 e. The number of rotatable bonds is 3. The number of fused-ring (bicyclic) bond motifs is 4. The molecule has 0 aromatic rings. The lowest BCUT2D eigenvalue weighted by atomic mass is 9.30. The van der Waals surface area contributed by atoms with Crippen LogP contribution in [0.25, 0.3) is 0 Å². The van der Waals surface area contributed by atoms with E-state index in [2.05, 4.69) is 41.5 Å². The Morgan fingerprint density at radius 3 is 2.04 bits per heavy atom.